The van der Waals surface area contributed by atoms with Crippen molar-refractivity contribution in [3.63, 3.8) is 0 Å². The van der Waals surface area contributed by atoms with Crippen molar-refractivity contribution in [3.05, 3.63) is 78.1 Å². The average molecular weight is 474 g/mol. The maximum atomic E-state index is 12.8. The molecule has 0 saturated heterocycles. The van der Waals surface area contributed by atoms with E-state index in [0.717, 1.165) is 58.4 Å². The smallest absolute Gasteiger partial charge is 0.156 e. The highest BCUT2D eigenvalue weighted by molar-refractivity contribution is 7.82. The normalized spacial score (nSPS) is 14.6. The summed E-state index contributed by atoms with van der Waals surface area (Å²) in [5, 5.41) is 8.39. The molecular formula is C27H31N5OS. The van der Waals surface area contributed by atoms with Gasteiger partial charge in [0.25, 0.3) is 0 Å². The minimum absolute atomic E-state index is 0.575. The Balaban J connectivity index is 1.38. The molecule has 2 aromatic heterocycles. The summed E-state index contributed by atoms with van der Waals surface area (Å²) in [6.45, 7) is 6.38. The zero-order valence-electron chi connectivity index (χ0n) is 19.8. The maximum absolute atomic E-state index is 12.8. The molecule has 1 fully saturated rings. The minimum Gasteiger partial charge on any atom is -0.379 e. The number of anilines is 1. The maximum Gasteiger partial charge on any atom is 0.156 e. The summed E-state index contributed by atoms with van der Waals surface area (Å²) >= 11 is 0. The van der Waals surface area contributed by atoms with E-state index in [0.29, 0.717) is 12.5 Å². The first-order valence-electron chi connectivity index (χ1n) is 12.1. The molecular weight excluding hydrogens is 442 g/mol. The second-order valence-electron chi connectivity index (χ2n) is 8.76. The number of fused-ring (bicyclic) bond motifs is 1. The summed E-state index contributed by atoms with van der Waals surface area (Å²) in [7, 11) is -1.12. The summed E-state index contributed by atoms with van der Waals surface area (Å²) in [4.78, 5) is 5.73. The van der Waals surface area contributed by atoms with E-state index in [1.165, 1.54) is 12.8 Å². The van der Waals surface area contributed by atoms with Crippen molar-refractivity contribution in [2.24, 2.45) is 0 Å². The van der Waals surface area contributed by atoms with Gasteiger partial charge in [-0.25, -0.2) is 18.0 Å². The molecule has 0 amide bonds. The predicted octanol–water partition coefficient (Wildman–Crippen LogP) is 5.64. The third-order valence-corrected chi connectivity index (χ3v) is 7.76. The SMILES string of the molecule is CCCN(CC)S(=O)c1ccc(NCc2cc(-c3ccccc3)nc3cc(C4CC4)nn23)cc1. The Morgan fingerprint density at radius 3 is 2.50 bits per heavy atom. The highest BCUT2D eigenvalue weighted by atomic mass is 32.2. The lowest BCUT2D eigenvalue weighted by molar-refractivity contribution is 0.464. The predicted molar refractivity (Wildman–Crippen MR) is 138 cm³/mol. The zero-order chi connectivity index (χ0) is 23.5. The molecule has 34 heavy (non-hydrogen) atoms. The number of nitrogens with one attached hydrogen (secondary N) is 1. The van der Waals surface area contributed by atoms with Gasteiger partial charge < -0.3 is 5.32 Å². The second-order valence-corrected chi connectivity index (χ2v) is 10.2. The Bertz CT molecular complexity index is 1280. The number of benzene rings is 2. The fourth-order valence-electron chi connectivity index (χ4n) is 4.15. The lowest BCUT2D eigenvalue weighted by Crippen LogP contribution is -2.26. The van der Waals surface area contributed by atoms with Gasteiger partial charge in [-0.2, -0.15) is 5.10 Å². The van der Waals surface area contributed by atoms with Gasteiger partial charge in [0, 0.05) is 36.3 Å². The van der Waals surface area contributed by atoms with Crippen LogP contribution in [0.3, 0.4) is 0 Å². The summed E-state index contributed by atoms with van der Waals surface area (Å²) < 4.78 is 16.8. The van der Waals surface area contributed by atoms with Gasteiger partial charge in [-0.05, 0) is 49.6 Å². The van der Waals surface area contributed by atoms with Gasteiger partial charge in [0.2, 0.25) is 0 Å². The van der Waals surface area contributed by atoms with Crippen molar-refractivity contribution in [2.45, 2.75) is 50.5 Å². The van der Waals surface area contributed by atoms with Crippen LogP contribution >= 0.6 is 0 Å². The Morgan fingerprint density at radius 2 is 1.82 bits per heavy atom. The average Bonchev–Trinajstić information content (AvgIpc) is 3.64. The van der Waals surface area contributed by atoms with Gasteiger partial charge in [0.1, 0.15) is 11.0 Å². The lowest BCUT2D eigenvalue weighted by atomic mass is 10.1. The molecule has 1 aliphatic carbocycles. The third-order valence-electron chi connectivity index (χ3n) is 6.17. The number of hydrogen-bond acceptors (Lipinski definition) is 4. The summed E-state index contributed by atoms with van der Waals surface area (Å²) in [5.74, 6) is 0.575. The zero-order valence-corrected chi connectivity index (χ0v) is 20.6. The second kappa shape index (κ2) is 10.1. The van der Waals surface area contributed by atoms with Crippen molar-refractivity contribution in [1.29, 1.82) is 0 Å². The number of rotatable bonds is 10. The summed E-state index contributed by atoms with van der Waals surface area (Å²) in [6, 6.07) is 22.4. The van der Waals surface area contributed by atoms with Crippen LogP contribution in [0.2, 0.25) is 0 Å². The van der Waals surface area contributed by atoms with E-state index >= 15 is 0 Å². The van der Waals surface area contributed by atoms with E-state index in [1.54, 1.807) is 0 Å². The van der Waals surface area contributed by atoms with Gasteiger partial charge in [-0.15, -0.1) is 0 Å². The van der Waals surface area contributed by atoms with Crippen LogP contribution in [0.4, 0.5) is 5.69 Å². The molecule has 176 valence electrons. The van der Waals surface area contributed by atoms with Crippen LogP contribution in [0.1, 0.15) is 50.4 Å². The molecule has 0 spiro atoms. The first-order chi connectivity index (χ1) is 16.7. The van der Waals surface area contributed by atoms with E-state index in [2.05, 4.69) is 36.5 Å². The molecule has 2 heterocycles. The van der Waals surface area contributed by atoms with Gasteiger partial charge in [-0.3, -0.25) is 0 Å². The largest absolute Gasteiger partial charge is 0.379 e. The highest BCUT2D eigenvalue weighted by Crippen LogP contribution is 2.39. The molecule has 1 unspecified atom stereocenters. The third kappa shape index (κ3) is 4.91. The minimum atomic E-state index is -1.12. The Kier molecular flexibility index (Phi) is 6.74. The van der Waals surface area contributed by atoms with Crippen LogP contribution in [-0.2, 0) is 17.5 Å². The number of nitrogens with zero attached hydrogens (tertiary/aromatic N) is 4. The summed E-state index contributed by atoms with van der Waals surface area (Å²) in [5.41, 5.74) is 6.12. The van der Waals surface area contributed by atoms with E-state index in [4.69, 9.17) is 10.1 Å². The monoisotopic (exact) mass is 473 g/mol. The molecule has 7 heteroatoms. The van der Waals surface area contributed by atoms with Crippen LogP contribution in [0.25, 0.3) is 16.9 Å². The standard InChI is InChI=1S/C27H31N5OS/c1-3-16-31(4-2)34(33)24-14-12-22(13-15-24)28-19-23-17-25(20-8-6-5-7-9-20)29-27-18-26(21-10-11-21)30-32(23)27/h5-9,12-15,17-18,21,28H,3-4,10-11,16,19H2,1-2H3. The van der Waals surface area contributed by atoms with Crippen LogP contribution in [0.15, 0.2) is 71.6 Å². The van der Waals surface area contributed by atoms with E-state index in [1.807, 2.05) is 58.2 Å². The van der Waals surface area contributed by atoms with Crippen molar-refractivity contribution in [2.75, 3.05) is 18.4 Å². The van der Waals surface area contributed by atoms with E-state index in [-0.39, 0.29) is 0 Å². The Hall–Kier alpha value is -3.03. The summed E-state index contributed by atoms with van der Waals surface area (Å²) in [6.07, 6.45) is 3.41. The fraction of sp³-hybridized carbons (Fsp3) is 0.333. The molecule has 0 bridgehead atoms. The quantitative estimate of drug-likeness (QED) is 0.324. The molecule has 0 aliphatic heterocycles. The van der Waals surface area contributed by atoms with Crippen LogP contribution in [0.5, 0.6) is 0 Å². The van der Waals surface area contributed by atoms with Crippen LogP contribution < -0.4 is 5.32 Å². The molecule has 1 N–H and O–H groups in total. The van der Waals surface area contributed by atoms with Gasteiger partial charge in [0.05, 0.1) is 28.5 Å². The first kappa shape index (κ1) is 22.7. The van der Waals surface area contributed by atoms with E-state index in [9.17, 15) is 4.21 Å². The lowest BCUT2D eigenvalue weighted by Gasteiger charge is -2.18. The van der Waals surface area contributed by atoms with Crippen molar-refractivity contribution in [1.82, 2.24) is 18.9 Å². The molecule has 1 aliphatic rings. The molecule has 5 rings (SSSR count). The molecule has 2 aromatic carbocycles. The topological polar surface area (TPSA) is 62.5 Å². The molecule has 6 nitrogen and oxygen atoms in total. The number of aromatic nitrogens is 3. The fourth-order valence-corrected chi connectivity index (χ4v) is 5.40. The Morgan fingerprint density at radius 1 is 1.06 bits per heavy atom. The molecule has 4 aromatic rings. The molecule has 1 atom stereocenters. The van der Waals surface area contributed by atoms with Crippen molar-refractivity contribution in [3.8, 4) is 11.3 Å². The Labute approximate surface area is 203 Å². The highest BCUT2D eigenvalue weighted by Gasteiger charge is 2.27. The molecule has 1 saturated carbocycles. The molecule has 0 radical (unpaired) electrons. The van der Waals surface area contributed by atoms with Gasteiger partial charge >= 0.3 is 0 Å². The van der Waals surface area contributed by atoms with E-state index < -0.39 is 11.0 Å². The van der Waals surface area contributed by atoms with Gasteiger partial charge in [-0.1, -0.05) is 44.2 Å². The van der Waals surface area contributed by atoms with Crippen molar-refractivity contribution < 1.29 is 4.21 Å². The van der Waals surface area contributed by atoms with Gasteiger partial charge in [0.15, 0.2) is 5.65 Å². The number of hydrogen-bond donors (Lipinski definition) is 1. The van der Waals surface area contributed by atoms with Crippen molar-refractivity contribution >= 4 is 22.3 Å². The van der Waals surface area contributed by atoms with Crippen LogP contribution in [-0.4, -0.2) is 36.2 Å². The first-order valence-corrected chi connectivity index (χ1v) is 13.2. The van der Waals surface area contributed by atoms with Crippen LogP contribution in [0, 0.1) is 0 Å².